The molecule has 132 valence electrons. The van der Waals surface area contributed by atoms with Gasteiger partial charge in [0.05, 0.1) is 17.1 Å². The van der Waals surface area contributed by atoms with E-state index in [1.807, 2.05) is 23.6 Å². The van der Waals surface area contributed by atoms with Crippen molar-refractivity contribution >= 4 is 22.8 Å². The van der Waals surface area contributed by atoms with Crippen LogP contribution in [-0.2, 0) is 13.1 Å². The number of pyridine rings is 1. The Morgan fingerprint density at radius 3 is 2.77 bits per heavy atom. The van der Waals surface area contributed by atoms with Crippen LogP contribution in [0.25, 0.3) is 22.6 Å². The summed E-state index contributed by atoms with van der Waals surface area (Å²) in [4.78, 5) is 13.1. The van der Waals surface area contributed by atoms with Gasteiger partial charge in [-0.25, -0.2) is 23.7 Å². The second-order valence-electron chi connectivity index (χ2n) is 5.72. The summed E-state index contributed by atoms with van der Waals surface area (Å²) < 4.78 is 32.2. The summed E-state index contributed by atoms with van der Waals surface area (Å²) in [7, 11) is 0. The number of benzene rings is 1. The third kappa shape index (κ3) is 2.64. The highest BCUT2D eigenvalue weighted by Crippen LogP contribution is 2.30. The van der Waals surface area contributed by atoms with Gasteiger partial charge in [0.2, 0.25) is 0 Å². The molecular weight excluding hydrogens is 360 g/mol. The average molecular weight is 374 g/mol. The maximum atomic E-state index is 14.4. The third-order valence-electron chi connectivity index (χ3n) is 4.19. The van der Waals surface area contributed by atoms with Crippen molar-refractivity contribution in [1.82, 2.24) is 24.1 Å². The van der Waals surface area contributed by atoms with Crippen molar-refractivity contribution in [3.8, 4) is 11.4 Å². The van der Waals surface area contributed by atoms with Crippen molar-refractivity contribution < 1.29 is 8.78 Å². The molecule has 0 aliphatic heterocycles. The van der Waals surface area contributed by atoms with Gasteiger partial charge in [0.1, 0.15) is 23.0 Å². The van der Waals surface area contributed by atoms with E-state index in [1.165, 1.54) is 12.3 Å². The van der Waals surface area contributed by atoms with E-state index < -0.39 is 11.6 Å². The Hall–Kier alpha value is -2.80. The molecule has 0 N–H and O–H groups in total. The Morgan fingerprint density at radius 2 is 1.96 bits per heavy atom. The number of fused-ring (bicyclic) bond motifs is 1. The SMILES string of the molecule is CCn1c(Cn2ccnc2-c2c(F)ccc(Cl)c2F)nc2cccnc21. The minimum absolute atomic E-state index is 0.152. The summed E-state index contributed by atoms with van der Waals surface area (Å²) in [5, 5.41) is -0.152. The highest BCUT2D eigenvalue weighted by Gasteiger charge is 2.20. The summed E-state index contributed by atoms with van der Waals surface area (Å²) in [5.74, 6) is -0.664. The molecule has 0 fully saturated rings. The number of rotatable bonds is 4. The van der Waals surface area contributed by atoms with Crippen molar-refractivity contribution in [3.63, 3.8) is 0 Å². The van der Waals surface area contributed by atoms with Crippen LogP contribution in [0.2, 0.25) is 5.02 Å². The van der Waals surface area contributed by atoms with Gasteiger partial charge in [-0.05, 0) is 31.2 Å². The van der Waals surface area contributed by atoms with E-state index in [2.05, 4.69) is 15.0 Å². The summed E-state index contributed by atoms with van der Waals surface area (Å²) in [6.45, 7) is 2.96. The minimum atomic E-state index is -0.829. The van der Waals surface area contributed by atoms with E-state index in [-0.39, 0.29) is 16.4 Å². The molecule has 4 rings (SSSR count). The van der Waals surface area contributed by atoms with Crippen LogP contribution in [0.4, 0.5) is 8.78 Å². The van der Waals surface area contributed by atoms with Crippen LogP contribution in [0.5, 0.6) is 0 Å². The van der Waals surface area contributed by atoms with E-state index in [0.29, 0.717) is 13.1 Å². The predicted octanol–water partition coefficient (Wildman–Crippen LogP) is 4.29. The molecule has 8 heteroatoms. The highest BCUT2D eigenvalue weighted by molar-refractivity contribution is 6.31. The van der Waals surface area contributed by atoms with Crippen molar-refractivity contribution in [2.24, 2.45) is 0 Å². The average Bonchev–Trinajstić information content (AvgIpc) is 3.23. The van der Waals surface area contributed by atoms with Gasteiger partial charge < -0.3 is 9.13 Å². The molecular formula is C18H14ClF2N5. The van der Waals surface area contributed by atoms with Gasteiger partial charge in [0.25, 0.3) is 0 Å². The van der Waals surface area contributed by atoms with Crippen LogP contribution in [0.15, 0.2) is 42.9 Å². The molecule has 0 aliphatic rings. The molecule has 0 saturated heterocycles. The van der Waals surface area contributed by atoms with Crippen molar-refractivity contribution in [3.05, 3.63) is 65.3 Å². The zero-order valence-corrected chi connectivity index (χ0v) is 14.6. The van der Waals surface area contributed by atoms with E-state index in [4.69, 9.17) is 11.6 Å². The molecule has 3 heterocycles. The zero-order chi connectivity index (χ0) is 18.3. The summed E-state index contributed by atoms with van der Waals surface area (Å²) in [6, 6.07) is 6.01. The number of aryl methyl sites for hydroxylation is 1. The number of hydrogen-bond acceptors (Lipinski definition) is 3. The van der Waals surface area contributed by atoms with E-state index in [9.17, 15) is 8.78 Å². The normalized spacial score (nSPS) is 11.4. The topological polar surface area (TPSA) is 48.5 Å². The summed E-state index contributed by atoms with van der Waals surface area (Å²) in [5.41, 5.74) is 1.29. The van der Waals surface area contributed by atoms with Gasteiger partial charge >= 0.3 is 0 Å². The lowest BCUT2D eigenvalue weighted by Crippen LogP contribution is -2.10. The first-order chi connectivity index (χ1) is 12.6. The van der Waals surface area contributed by atoms with Gasteiger partial charge in [-0.2, -0.15) is 0 Å². The second kappa shape index (κ2) is 6.49. The molecule has 0 aliphatic carbocycles. The summed E-state index contributed by atoms with van der Waals surface area (Å²) >= 11 is 5.81. The Morgan fingerprint density at radius 1 is 1.12 bits per heavy atom. The van der Waals surface area contributed by atoms with Crippen LogP contribution in [-0.4, -0.2) is 24.1 Å². The monoisotopic (exact) mass is 373 g/mol. The van der Waals surface area contributed by atoms with Crippen molar-refractivity contribution in [2.75, 3.05) is 0 Å². The number of imidazole rings is 2. The number of aromatic nitrogens is 5. The fourth-order valence-electron chi connectivity index (χ4n) is 3.01. The van der Waals surface area contributed by atoms with Gasteiger partial charge in [-0.3, -0.25) is 0 Å². The van der Waals surface area contributed by atoms with Crippen LogP contribution in [0.1, 0.15) is 12.7 Å². The van der Waals surface area contributed by atoms with Crippen LogP contribution >= 0.6 is 11.6 Å². The lowest BCUT2D eigenvalue weighted by molar-refractivity contribution is 0.583. The smallest absolute Gasteiger partial charge is 0.160 e. The molecule has 0 saturated carbocycles. The Kier molecular flexibility index (Phi) is 4.16. The number of halogens is 3. The second-order valence-corrected chi connectivity index (χ2v) is 6.12. The van der Waals surface area contributed by atoms with Gasteiger partial charge in [-0.1, -0.05) is 11.6 Å². The minimum Gasteiger partial charge on any atom is -0.323 e. The molecule has 0 atom stereocenters. The van der Waals surface area contributed by atoms with Gasteiger partial charge in [0.15, 0.2) is 11.5 Å². The molecule has 0 unspecified atom stereocenters. The first-order valence-electron chi connectivity index (χ1n) is 8.05. The van der Waals surface area contributed by atoms with Crippen molar-refractivity contribution in [2.45, 2.75) is 20.0 Å². The van der Waals surface area contributed by atoms with Crippen LogP contribution in [0.3, 0.4) is 0 Å². The molecule has 0 radical (unpaired) electrons. The standard InChI is InChI=1S/C18H14ClF2N5/c1-2-26-14(24-13-4-3-7-22-17(13)26)10-25-9-8-23-18(25)15-12(20)6-5-11(19)16(15)21/h3-9H,2,10H2,1H3. The first kappa shape index (κ1) is 16.7. The van der Waals surface area contributed by atoms with Crippen LogP contribution < -0.4 is 0 Å². The quantitative estimate of drug-likeness (QED) is 0.501. The lowest BCUT2D eigenvalue weighted by atomic mass is 10.2. The lowest BCUT2D eigenvalue weighted by Gasteiger charge is -2.11. The largest absolute Gasteiger partial charge is 0.323 e. The number of nitrogens with zero attached hydrogens (tertiary/aromatic N) is 5. The molecule has 0 amide bonds. The maximum absolute atomic E-state index is 14.4. The fourth-order valence-corrected chi connectivity index (χ4v) is 3.17. The first-order valence-corrected chi connectivity index (χ1v) is 8.43. The van der Waals surface area contributed by atoms with E-state index in [1.54, 1.807) is 17.0 Å². The maximum Gasteiger partial charge on any atom is 0.160 e. The third-order valence-corrected chi connectivity index (χ3v) is 4.49. The number of hydrogen-bond donors (Lipinski definition) is 0. The molecule has 4 aromatic rings. The highest BCUT2D eigenvalue weighted by atomic mass is 35.5. The Balaban J connectivity index is 1.82. The van der Waals surface area contributed by atoms with Gasteiger partial charge in [0, 0.05) is 25.1 Å². The Labute approximate surface area is 152 Å². The Bertz CT molecular complexity index is 1100. The van der Waals surface area contributed by atoms with Crippen LogP contribution in [0, 0.1) is 11.6 Å². The van der Waals surface area contributed by atoms with E-state index >= 15 is 0 Å². The predicted molar refractivity (Wildman–Crippen MR) is 94.9 cm³/mol. The summed E-state index contributed by atoms with van der Waals surface area (Å²) in [6.07, 6.45) is 4.85. The fraction of sp³-hybridized carbons (Fsp3) is 0.167. The molecule has 0 bridgehead atoms. The molecule has 5 nitrogen and oxygen atoms in total. The molecule has 1 aromatic carbocycles. The molecule has 3 aromatic heterocycles. The molecule has 0 spiro atoms. The van der Waals surface area contributed by atoms with Gasteiger partial charge in [-0.15, -0.1) is 0 Å². The zero-order valence-electron chi connectivity index (χ0n) is 13.8. The molecule has 26 heavy (non-hydrogen) atoms. The van der Waals surface area contributed by atoms with Crippen molar-refractivity contribution in [1.29, 1.82) is 0 Å². The van der Waals surface area contributed by atoms with E-state index in [0.717, 1.165) is 23.1 Å².